The molecule has 3 rings (SSSR count). The zero-order valence-corrected chi connectivity index (χ0v) is 12.1. The van der Waals surface area contributed by atoms with Crippen LogP contribution < -0.4 is 5.73 Å². The minimum atomic E-state index is -0.213. The molecule has 0 spiro atoms. The molecule has 110 valence electrons. The molecule has 2 aromatic rings. The third-order valence-electron chi connectivity index (χ3n) is 4.19. The lowest BCUT2D eigenvalue weighted by molar-refractivity contribution is 0.253. The molecule has 1 aliphatic rings. The second-order valence-corrected chi connectivity index (χ2v) is 5.77. The number of benzene rings is 2. The van der Waals surface area contributed by atoms with Crippen LogP contribution in [0, 0.1) is 5.82 Å². The molecular formula is C18H21FN2. The van der Waals surface area contributed by atoms with Gasteiger partial charge in [-0.05, 0) is 48.2 Å². The third kappa shape index (κ3) is 3.49. The normalized spacial score (nSPS) is 17.0. The second kappa shape index (κ2) is 6.37. The van der Waals surface area contributed by atoms with E-state index in [4.69, 9.17) is 5.73 Å². The van der Waals surface area contributed by atoms with E-state index in [9.17, 15) is 4.39 Å². The first-order valence-corrected chi connectivity index (χ1v) is 7.52. The van der Waals surface area contributed by atoms with Crippen LogP contribution in [0.4, 0.5) is 4.39 Å². The molecule has 0 radical (unpaired) electrons. The number of hydrogen-bond acceptors (Lipinski definition) is 2. The van der Waals surface area contributed by atoms with Crippen LogP contribution in [0.25, 0.3) is 0 Å². The largest absolute Gasteiger partial charge is 0.323 e. The van der Waals surface area contributed by atoms with Crippen LogP contribution >= 0.6 is 0 Å². The van der Waals surface area contributed by atoms with Gasteiger partial charge in [0.15, 0.2) is 0 Å². The highest BCUT2D eigenvalue weighted by molar-refractivity contribution is 5.28. The van der Waals surface area contributed by atoms with Crippen molar-refractivity contribution >= 4 is 0 Å². The summed E-state index contributed by atoms with van der Waals surface area (Å²) in [4.78, 5) is 2.40. The fraction of sp³-hybridized carbons (Fsp3) is 0.333. The van der Waals surface area contributed by atoms with E-state index in [1.54, 1.807) is 12.1 Å². The van der Waals surface area contributed by atoms with Crippen LogP contribution in [0.2, 0.25) is 0 Å². The molecule has 3 heteroatoms. The molecule has 1 unspecified atom stereocenters. The first kappa shape index (κ1) is 14.2. The SMILES string of the molecule is NC(CN1CCCc2ccccc2C1)c1ccc(F)cc1. The van der Waals surface area contributed by atoms with Crippen LogP contribution in [-0.4, -0.2) is 18.0 Å². The van der Waals surface area contributed by atoms with Gasteiger partial charge in [-0.15, -0.1) is 0 Å². The highest BCUT2D eigenvalue weighted by Gasteiger charge is 2.17. The van der Waals surface area contributed by atoms with Crippen molar-refractivity contribution in [3.63, 3.8) is 0 Å². The van der Waals surface area contributed by atoms with Gasteiger partial charge in [0.1, 0.15) is 5.82 Å². The minimum absolute atomic E-state index is 0.0733. The molecule has 2 nitrogen and oxygen atoms in total. The van der Waals surface area contributed by atoms with Crippen molar-refractivity contribution in [2.75, 3.05) is 13.1 Å². The smallest absolute Gasteiger partial charge is 0.123 e. The number of nitrogens with two attached hydrogens (primary N) is 1. The number of halogens is 1. The van der Waals surface area contributed by atoms with Crippen molar-refractivity contribution < 1.29 is 4.39 Å². The monoisotopic (exact) mass is 284 g/mol. The quantitative estimate of drug-likeness (QED) is 0.937. The topological polar surface area (TPSA) is 29.3 Å². The summed E-state index contributed by atoms with van der Waals surface area (Å²) in [6.45, 7) is 2.81. The van der Waals surface area contributed by atoms with Gasteiger partial charge in [0.25, 0.3) is 0 Å². The summed E-state index contributed by atoms with van der Waals surface area (Å²) in [6, 6.07) is 15.1. The minimum Gasteiger partial charge on any atom is -0.323 e. The maximum absolute atomic E-state index is 13.0. The Morgan fingerprint density at radius 2 is 1.76 bits per heavy atom. The Bertz CT molecular complexity index is 594. The van der Waals surface area contributed by atoms with Crippen LogP contribution in [0.1, 0.15) is 29.2 Å². The van der Waals surface area contributed by atoms with Crippen molar-refractivity contribution in [1.29, 1.82) is 0 Å². The summed E-state index contributed by atoms with van der Waals surface area (Å²) >= 11 is 0. The maximum Gasteiger partial charge on any atom is 0.123 e. The highest BCUT2D eigenvalue weighted by Crippen LogP contribution is 2.20. The Morgan fingerprint density at radius 1 is 1.05 bits per heavy atom. The first-order chi connectivity index (χ1) is 10.2. The lowest BCUT2D eigenvalue weighted by Gasteiger charge is -2.24. The molecule has 1 atom stereocenters. The second-order valence-electron chi connectivity index (χ2n) is 5.77. The molecule has 2 aromatic carbocycles. The van der Waals surface area contributed by atoms with Crippen molar-refractivity contribution in [2.45, 2.75) is 25.4 Å². The van der Waals surface area contributed by atoms with Crippen LogP contribution in [0.5, 0.6) is 0 Å². The molecule has 1 aliphatic heterocycles. The van der Waals surface area contributed by atoms with Crippen LogP contribution in [-0.2, 0) is 13.0 Å². The molecule has 0 fully saturated rings. The Kier molecular flexibility index (Phi) is 4.32. The average Bonchev–Trinajstić information content (AvgIpc) is 2.69. The number of fused-ring (bicyclic) bond motifs is 1. The van der Waals surface area contributed by atoms with Gasteiger partial charge in [0.2, 0.25) is 0 Å². The van der Waals surface area contributed by atoms with Crippen molar-refractivity contribution in [3.8, 4) is 0 Å². The van der Waals surface area contributed by atoms with Gasteiger partial charge in [-0.25, -0.2) is 4.39 Å². The maximum atomic E-state index is 13.0. The number of aryl methyl sites for hydroxylation is 1. The number of hydrogen-bond donors (Lipinski definition) is 1. The predicted octanol–water partition coefficient (Wildman–Crippen LogP) is 3.27. The Morgan fingerprint density at radius 3 is 2.52 bits per heavy atom. The number of nitrogens with zero attached hydrogens (tertiary/aromatic N) is 1. The van der Waals surface area contributed by atoms with Gasteiger partial charge in [0, 0.05) is 19.1 Å². The molecule has 2 N–H and O–H groups in total. The predicted molar refractivity (Wildman–Crippen MR) is 83.4 cm³/mol. The standard InChI is InChI=1S/C18H21FN2/c19-17-9-7-15(8-10-17)18(20)13-21-11-3-6-14-4-1-2-5-16(14)12-21/h1-2,4-5,7-10,18H,3,6,11-13,20H2. The molecule has 0 saturated heterocycles. The van der Waals surface area contributed by atoms with Gasteiger partial charge < -0.3 is 5.73 Å². The van der Waals surface area contributed by atoms with E-state index < -0.39 is 0 Å². The molecule has 0 aromatic heterocycles. The van der Waals surface area contributed by atoms with Gasteiger partial charge in [-0.1, -0.05) is 36.4 Å². The van der Waals surface area contributed by atoms with E-state index in [0.29, 0.717) is 0 Å². The first-order valence-electron chi connectivity index (χ1n) is 7.52. The van der Waals surface area contributed by atoms with Gasteiger partial charge in [0.05, 0.1) is 0 Å². The van der Waals surface area contributed by atoms with Crippen LogP contribution in [0.15, 0.2) is 48.5 Å². The fourth-order valence-corrected chi connectivity index (χ4v) is 3.02. The zero-order chi connectivity index (χ0) is 14.7. The highest BCUT2D eigenvalue weighted by atomic mass is 19.1. The van der Waals surface area contributed by atoms with E-state index in [1.807, 2.05) is 0 Å². The lowest BCUT2D eigenvalue weighted by atomic mass is 10.0. The summed E-state index contributed by atoms with van der Waals surface area (Å²) in [5.74, 6) is -0.213. The Hall–Kier alpha value is -1.71. The molecule has 0 aliphatic carbocycles. The average molecular weight is 284 g/mol. The van der Waals surface area contributed by atoms with E-state index in [1.165, 1.54) is 23.3 Å². The van der Waals surface area contributed by atoms with E-state index in [2.05, 4.69) is 29.2 Å². The van der Waals surface area contributed by atoms with E-state index >= 15 is 0 Å². The Balaban J connectivity index is 1.69. The summed E-state index contributed by atoms with van der Waals surface area (Å²) in [7, 11) is 0. The van der Waals surface area contributed by atoms with Gasteiger partial charge in [-0.2, -0.15) is 0 Å². The summed E-state index contributed by atoms with van der Waals surface area (Å²) in [6.07, 6.45) is 2.30. The molecule has 21 heavy (non-hydrogen) atoms. The summed E-state index contributed by atoms with van der Waals surface area (Å²) in [5.41, 5.74) is 10.1. The number of rotatable bonds is 3. The Labute approximate surface area is 125 Å². The molecular weight excluding hydrogens is 263 g/mol. The fourth-order valence-electron chi connectivity index (χ4n) is 3.02. The zero-order valence-electron chi connectivity index (χ0n) is 12.1. The molecule has 0 amide bonds. The van der Waals surface area contributed by atoms with Gasteiger partial charge in [-0.3, -0.25) is 4.90 Å². The third-order valence-corrected chi connectivity index (χ3v) is 4.19. The van der Waals surface area contributed by atoms with E-state index in [0.717, 1.165) is 38.0 Å². The summed E-state index contributed by atoms with van der Waals surface area (Å²) in [5, 5.41) is 0. The van der Waals surface area contributed by atoms with Crippen LogP contribution in [0.3, 0.4) is 0 Å². The molecule has 1 heterocycles. The van der Waals surface area contributed by atoms with Crippen molar-refractivity contribution in [2.24, 2.45) is 5.73 Å². The molecule has 0 bridgehead atoms. The van der Waals surface area contributed by atoms with E-state index in [-0.39, 0.29) is 11.9 Å². The lowest BCUT2D eigenvalue weighted by Crippen LogP contribution is -2.32. The van der Waals surface area contributed by atoms with Crippen molar-refractivity contribution in [3.05, 3.63) is 71.0 Å². The van der Waals surface area contributed by atoms with Crippen molar-refractivity contribution in [1.82, 2.24) is 4.90 Å². The summed E-state index contributed by atoms with van der Waals surface area (Å²) < 4.78 is 13.0. The van der Waals surface area contributed by atoms with Gasteiger partial charge >= 0.3 is 0 Å². The molecule has 0 saturated carbocycles.